The molecule has 176 valence electrons. The van der Waals surface area contributed by atoms with Crippen molar-refractivity contribution in [3.05, 3.63) is 52.7 Å². The van der Waals surface area contributed by atoms with Crippen molar-refractivity contribution in [3.8, 4) is 11.4 Å². The second kappa shape index (κ2) is 8.74. The highest BCUT2D eigenvalue weighted by molar-refractivity contribution is 7.99. The Labute approximate surface area is 207 Å². The first-order valence-corrected chi connectivity index (χ1v) is 12.5. The molecule has 1 aliphatic heterocycles. The smallest absolute Gasteiger partial charge is 0.204 e. The molecule has 2 aromatic heterocycles. The molecule has 0 fully saturated rings. The van der Waals surface area contributed by atoms with E-state index < -0.39 is 11.9 Å². The van der Waals surface area contributed by atoms with Crippen molar-refractivity contribution in [3.63, 3.8) is 0 Å². The van der Waals surface area contributed by atoms with Gasteiger partial charge in [-0.05, 0) is 59.5 Å². The molecule has 4 aromatic rings. The Hall–Kier alpha value is -2.84. The molecule has 9 heteroatoms. The summed E-state index contributed by atoms with van der Waals surface area (Å²) in [4.78, 5) is 15.5. The maximum atomic E-state index is 11.9. The zero-order valence-electron chi connectivity index (χ0n) is 19.4. The van der Waals surface area contributed by atoms with Gasteiger partial charge in [-0.3, -0.25) is 0 Å². The van der Waals surface area contributed by atoms with Gasteiger partial charge in [0.25, 0.3) is 0 Å². The maximum absolute atomic E-state index is 11.9. The van der Waals surface area contributed by atoms with E-state index in [0.29, 0.717) is 10.8 Å². The van der Waals surface area contributed by atoms with Crippen molar-refractivity contribution in [1.82, 2.24) is 24.8 Å². The molecule has 0 N–H and O–H groups in total. The minimum atomic E-state index is -1.01. The Morgan fingerprint density at radius 3 is 2.56 bits per heavy atom. The molecule has 5 rings (SSSR count). The highest BCUT2D eigenvalue weighted by Crippen LogP contribution is 2.50. The van der Waals surface area contributed by atoms with Crippen molar-refractivity contribution in [2.45, 2.75) is 55.4 Å². The SMILES string of the molecule is CC(C)c1cc(-c2nnn(C)n2)cc2c1c(Sc1ccc(Cl)cc1)c1n2CCC1C(C)C(=O)[O-]. The van der Waals surface area contributed by atoms with Crippen LogP contribution in [0.25, 0.3) is 22.3 Å². The van der Waals surface area contributed by atoms with Crippen LogP contribution in [0.3, 0.4) is 0 Å². The van der Waals surface area contributed by atoms with E-state index in [-0.39, 0.29) is 11.8 Å². The summed E-state index contributed by atoms with van der Waals surface area (Å²) in [6.45, 7) is 6.85. The van der Waals surface area contributed by atoms with Gasteiger partial charge in [0.2, 0.25) is 5.82 Å². The van der Waals surface area contributed by atoms with Crippen molar-refractivity contribution >= 4 is 40.2 Å². The molecule has 0 saturated heterocycles. The first kappa shape index (κ1) is 22.9. The Balaban J connectivity index is 1.78. The fourth-order valence-corrected chi connectivity index (χ4v) is 6.19. The van der Waals surface area contributed by atoms with Crippen LogP contribution in [-0.4, -0.2) is 30.7 Å². The first-order valence-electron chi connectivity index (χ1n) is 11.3. The molecule has 0 bridgehead atoms. The lowest BCUT2D eigenvalue weighted by atomic mass is 9.89. The molecule has 0 radical (unpaired) electrons. The lowest BCUT2D eigenvalue weighted by Crippen LogP contribution is -2.32. The number of aliphatic carboxylic acids is 1. The summed E-state index contributed by atoms with van der Waals surface area (Å²) < 4.78 is 2.28. The van der Waals surface area contributed by atoms with Gasteiger partial charge in [0.1, 0.15) is 0 Å². The molecule has 0 amide bonds. The number of tetrazole rings is 1. The highest BCUT2D eigenvalue weighted by Gasteiger charge is 2.35. The number of hydrogen-bond acceptors (Lipinski definition) is 6. The Kier molecular flexibility index (Phi) is 5.90. The van der Waals surface area contributed by atoms with Gasteiger partial charge in [-0.2, -0.15) is 4.80 Å². The summed E-state index contributed by atoms with van der Waals surface area (Å²) in [5.41, 5.74) is 4.23. The van der Waals surface area contributed by atoms with E-state index in [0.717, 1.165) is 44.9 Å². The molecular weight excluding hydrogens is 470 g/mol. The lowest BCUT2D eigenvalue weighted by molar-refractivity contribution is -0.311. The van der Waals surface area contributed by atoms with Crippen LogP contribution in [0.2, 0.25) is 5.02 Å². The van der Waals surface area contributed by atoms with Crippen LogP contribution in [0, 0.1) is 5.92 Å². The number of hydrogen-bond donors (Lipinski definition) is 0. The number of benzene rings is 2. The maximum Gasteiger partial charge on any atom is 0.204 e. The standard InChI is InChI=1S/C25H26ClN5O2S/c1-13(2)19-11-15(24-27-29-30(4)28-24)12-20-21(19)23(34-17-7-5-16(26)6-8-17)22-18(9-10-31(20)22)14(3)25(32)33/h5-8,11-14,18H,9-10H2,1-4H3,(H,32,33)/p-1. The summed E-state index contributed by atoms with van der Waals surface area (Å²) >= 11 is 7.79. The van der Waals surface area contributed by atoms with E-state index in [1.807, 2.05) is 24.3 Å². The van der Waals surface area contributed by atoms with E-state index in [4.69, 9.17) is 11.6 Å². The summed E-state index contributed by atoms with van der Waals surface area (Å²) in [6, 6.07) is 12.0. The Morgan fingerprint density at radius 2 is 1.94 bits per heavy atom. The molecular formula is C25H25ClN5O2S-. The van der Waals surface area contributed by atoms with Crippen LogP contribution < -0.4 is 5.11 Å². The molecule has 2 aromatic carbocycles. The van der Waals surface area contributed by atoms with Gasteiger partial charge in [-0.1, -0.05) is 44.1 Å². The summed E-state index contributed by atoms with van der Waals surface area (Å²) in [6.07, 6.45) is 0.763. The number of carbonyl (C=O) groups is 1. The van der Waals surface area contributed by atoms with Crippen LogP contribution in [0.5, 0.6) is 0 Å². The highest BCUT2D eigenvalue weighted by atomic mass is 35.5. The third-order valence-electron chi connectivity index (χ3n) is 6.60. The zero-order valence-corrected chi connectivity index (χ0v) is 21.0. The average Bonchev–Trinajstić information content (AvgIpc) is 3.50. The van der Waals surface area contributed by atoms with E-state index in [9.17, 15) is 9.90 Å². The Bertz CT molecular complexity index is 1390. The second-order valence-corrected chi connectivity index (χ2v) is 10.7. The van der Waals surface area contributed by atoms with Crippen LogP contribution in [-0.2, 0) is 18.4 Å². The summed E-state index contributed by atoms with van der Waals surface area (Å²) in [5, 5.41) is 26.4. The van der Waals surface area contributed by atoms with Gasteiger partial charge in [-0.25, -0.2) is 0 Å². The van der Waals surface area contributed by atoms with Gasteiger partial charge in [0, 0.05) is 55.8 Å². The fourth-order valence-electron chi connectivity index (χ4n) is 4.86. The third-order valence-corrected chi connectivity index (χ3v) is 7.98. The molecule has 2 unspecified atom stereocenters. The van der Waals surface area contributed by atoms with E-state index >= 15 is 0 Å². The number of aromatic nitrogens is 5. The number of aryl methyl sites for hydroxylation is 2. The number of fused-ring (bicyclic) bond motifs is 3. The number of nitrogens with zero attached hydrogens (tertiary/aromatic N) is 5. The molecule has 7 nitrogen and oxygen atoms in total. The minimum Gasteiger partial charge on any atom is -0.550 e. The van der Waals surface area contributed by atoms with Gasteiger partial charge in [0.15, 0.2) is 0 Å². The molecule has 0 saturated carbocycles. The number of rotatable bonds is 6. The average molecular weight is 495 g/mol. The van der Waals surface area contributed by atoms with Crippen LogP contribution in [0.4, 0.5) is 0 Å². The third kappa shape index (κ3) is 3.88. The monoisotopic (exact) mass is 494 g/mol. The van der Waals surface area contributed by atoms with Crippen molar-refractivity contribution in [2.24, 2.45) is 13.0 Å². The van der Waals surface area contributed by atoms with Crippen LogP contribution in [0.15, 0.2) is 46.2 Å². The lowest BCUT2D eigenvalue weighted by Gasteiger charge is -2.21. The van der Waals surface area contributed by atoms with Gasteiger partial charge < -0.3 is 14.5 Å². The van der Waals surface area contributed by atoms with Crippen LogP contribution in [0.1, 0.15) is 50.3 Å². The summed E-state index contributed by atoms with van der Waals surface area (Å²) in [7, 11) is 1.75. The minimum absolute atomic E-state index is 0.120. The molecule has 0 aliphatic carbocycles. The van der Waals surface area contributed by atoms with Crippen LogP contribution >= 0.6 is 23.4 Å². The topological polar surface area (TPSA) is 88.7 Å². The van der Waals surface area contributed by atoms with Gasteiger partial charge in [0.05, 0.1) is 12.6 Å². The second-order valence-electron chi connectivity index (χ2n) is 9.14. The first-order chi connectivity index (χ1) is 16.2. The Morgan fingerprint density at radius 1 is 1.21 bits per heavy atom. The predicted octanol–water partition coefficient (Wildman–Crippen LogP) is 4.63. The quantitative estimate of drug-likeness (QED) is 0.388. The normalized spacial score (nSPS) is 16.4. The molecule has 0 spiro atoms. The number of carbonyl (C=O) groups excluding carboxylic acids is 1. The zero-order chi connectivity index (χ0) is 24.1. The van der Waals surface area contributed by atoms with E-state index in [1.54, 1.807) is 25.7 Å². The predicted molar refractivity (Wildman–Crippen MR) is 131 cm³/mol. The van der Waals surface area contributed by atoms with E-state index in [1.165, 1.54) is 10.4 Å². The van der Waals surface area contributed by atoms with Crippen molar-refractivity contribution in [1.29, 1.82) is 0 Å². The molecule has 2 atom stereocenters. The molecule has 34 heavy (non-hydrogen) atoms. The number of carboxylic acids is 1. The van der Waals surface area contributed by atoms with Gasteiger partial charge in [-0.15, -0.1) is 10.2 Å². The van der Waals surface area contributed by atoms with Crippen molar-refractivity contribution in [2.75, 3.05) is 0 Å². The molecule has 1 aliphatic rings. The molecule has 3 heterocycles. The largest absolute Gasteiger partial charge is 0.550 e. The van der Waals surface area contributed by atoms with Gasteiger partial charge >= 0.3 is 0 Å². The number of halogens is 1. The fraction of sp³-hybridized carbons (Fsp3) is 0.360. The van der Waals surface area contributed by atoms with Crippen molar-refractivity contribution < 1.29 is 9.90 Å². The summed E-state index contributed by atoms with van der Waals surface area (Å²) in [5.74, 6) is -0.904. The van der Waals surface area contributed by atoms with E-state index in [2.05, 4.69) is 46.0 Å². The number of carboxylic acid groups (broad SMARTS) is 1.